The van der Waals surface area contributed by atoms with Crippen molar-refractivity contribution < 1.29 is 9.53 Å². The van der Waals surface area contributed by atoms with Crippen LogP contribution in [0.25, 0.3) is 0 Å². The van der Waals surface area contributed by atoms with Crippen LogP contribution in [-0.2, 0) is 9.53 Å². The molecule has 3 N–H and O–H groups in total. The van der Waals surface area contributed by atoms with E-state index in [1.807, 2.05) is 0 Å². The number of rotatable bonds is 4. The zero-order valence-corrected chi connectivity index (χ0v) is 12.7. The van der Waals surface area contributed by atoms with Gasteiger partial charge in [-0.2, -0.15) is 0 Å². The number of ether oxygens (including phenoxy) is 1. The van der Waals surface area contributed by atoms with Crippen molar-refractivity contribution in [3.05, 3.63) is 0 Å². The summed E-state index contributed by atoms with van der Waals surface area (Å²) in [6.45, 7) is 9.90. The van der Waals surface area contributed by atoms with Crippen LogP contribution in [0.15, 0.2) is 0 Å². The molecule has 1 amide bonds. The topological polar surface area (TPSA) is 64.4 Å². The van der Waals surface area contributed by atoms with E-state index in [2.05, 4.69) is 33.0 Å². The summed E-state index contributed by atoms with van der Waals surface area (Å²) in [5, 5.41) is 3.04. The molecule has 110 valence electrons. The Morgan fingerprint density at radius 2 is 2.21 bits per heavy atom. The van der Waals surface area contributed by atoms with Gasteiger partial charge in [-0.25, -0.2) is 0 Å². The van der Waals surface area contributed by atoms with Gasteiger partial charge >= 0.3 is 0 Å². The molecule has 1 aliphatic carbocycles. The Hall–Kier alpha value is -0.610. The van der Waals surface area contributed by atoms with Gasteiger partial charge < -0.3 is 15.8 Å². The Morgan fingerprint density at radius 3 is 2.84 bits per heavy atom. The Balaban J connectivity index is 2.06. The summed E-state index contributed by atoms with van der Waals surface area (Å²) < 4.78 is 5.82. The van der Waals surface area contributed by atoms with Crippen LogP contribution >= 0.6 is 0 Å². The SMILES string of the molecule is CCC(C)CNC(=O)C1(N)C2CCCOC2C1(C)C. The van der Waals surface area contributed by atoms with E-state index < -0.39 is 5.54 Å². The fraction of sp³-hybridized carbons (Fsp3) is 0.933. The summed E-state index contributed by atoms with van der Waals surface area (Å²) in [6, 6.07) is 0. The first-order valence-electron chi connectivity index (χ1n) is 7.54. The first-order chi connectivity index (χ1) is 8.85. The van der Waals surface area contributed by atoms with Gasteiger partial charge in [0.2, 0.25) is 5.91 Å². The van der Waals surface area contributed by atoms with Crippen molar-refractivity contribution in [2.24, 2.45) is 23.0 Å². The minimum Gasteiger partial charge on any atom is -0.377 e. The van der Waals surface area contributed by atoms with Crippen molar-refractivity contribution >= 4 is 5.91 Å². The highest BCUT2D eigenvalue weighted by molar-refractivity contribution is 5.89. The number of nitrogens with two attached hydrogens (primary N) is 1. The monoisotopic (exact) mass is 268 g/mol. The van der Waals surface area contributed by atoms with Crippen molar-refractivity contribution in [2.75, 3.05) is 13.2 Å². The van der Waals surface area contributed by atoms with Gasteiger partial charge in [0.1, 0.15) is 5.54 Å². The molecular weight excluding hydrogens is 240 g/mol. The number of amides is 1. The molecule has 1 heterocycles. The lowest BCUT2D eigenvalue weighted by Crippen LogP contribution is -2.82. The summed E-state index contributed by atoms with van der Waals surface area (Å²) in [5.74, 6) is 0.673. The number of carbonyl (C=O) groups is 1. The summed E-state index contributed by atoms with van der Waals surface area (Å²) in [7, 11) is 0. The average molecular weight is 268 g/mol. The molecule has 0 aromatic heterocycles. The lowest BCUT2D eigenvalue weighted by molar-refractivity contribution is -0.225. The van der Waals surface area contributed by atoms with Crippen molar-refractivity contribution in [1.29, 1.82) is 0 Å². The average Bonchev–Trinajstić information content (AvgIpc) is 2.43. The van der Waals surface area contributed by atoms with Crippen LogP contribution < -0.4 is 11.1 Å². The second-order valence-corrected chi connectivity index (χ2v) is 6.85. The lowest BCUT2D eigenvalue weighted by atomic mass is 9.46. The minimum atomic E-state index is -0.772. The zero-order valence-electron chi connectivity index (χ0n) is 12.7. The normalized spacial score (nSPS) is 37.9. The van der Waals surface area contributed by atoms with Gasteiger partial charge in [-0.15, -0.1) is 0 Å². The van der Waals surface area contributed by atoms with E-state index in [9.17, 15) is 4.79 Å². The molecule has 0 spiro atoms. The largest absolute Gasteiger partial charge is 0.377 e. The number of nitrogens with one attached hydrogen (secondary N) is 1. The Bertz CT molecular complexity index is 356. The Labute approximate surface area is 116 Å². The fourth-order valence-corrected chi connectivity index (χ4v) is 3.59. The first kappa shape index (κ1) is 14.8. The maximum absolute atomic E-state index is 12.5. The predicted molar refractivity (Wildman–Crippen MR) is 75.6 cm³/mol. The highest BCUT2D eigenvalue weighted by atomic mass is 16.5. The summed E-state index contributed by atoms with van der Waals surface area (Å²) >= 11 is 0. The van der Waals surface area contributed by atoms with Crippen LogP contribution in [-0.4, -0.2) is 30.7 Å². The second-order valence-electron chi connectivity index (χ2n) is 6.85. The van der Waals surface area contributed by atoms with Crippen LogP contribution in [0, 0.1) is 17.3 Å². The van der Waals surface area contributed by atoms with Gasteiger partial charge in [0.05, 0.1) is 6.10 Å². The Kier molecular flexibility index (Phi) is 3.94. The van der Waals surface area contributed by atoms with E-state index in [1.165, 1.54) is 0 Å². The van der Waals surface area contributed by atoms with E-state index in [-0.39, 0.29) is 23.3 Å². The molecule has 0 radical (unpaired) electrons. The summed E-state index contributed by atoms with van der Waals surface area (Å²) in [5.41, 5.74) is 5.46. The van der Waals surface area contributed by atoms with Crippen molar-refractivity contribution in [1.82, 2.24) is 5.32 Å². The van der Waals surface area contributed by atoms with Gasteiger partial charge in [-0.3, -0.25) is 4.79 Å². The molecule has 1 saturated heterocycles. The van der Waals surface area contributed by atoms with Crippen LogP contribution in [0.5, 0.6) is 0 Å². The molecule has 0 aromatic carbocycles. The van der Waals surface area contributed by atoms with Gasteiger partial charge in [-0.1, -0.05) is 34.1 Å². The van der Waals surface area contributed by atoms with E-state index >= 15 is 0 Å². The minimum absolute atomic E-state index is 0.00421. The highest BCUT2D eigenvalue weighted by Gasteiger charge is 2.70. The molecular formula is C15H28N2O2. The van der Waals surface area contributed by atoms with Gasteiger partial charge in [0.15, 0.2) is 0 Å². The standard InChI is InChI=1S/C15H28N2O2/c1-5-10(2)9-17-13(18)15(16)11-7-6-8-19-12(11)14(15,3)4/h10-12H,5-9,16H2,1-4H3,(H,17,18). The van der Waals surface area contributed by atoms with Crippen LogP contribution in [0.3, 0.4) is 0 Å². The van der Waals surface area contributed by atoms with Crippen molar-refractivity contribution in [3.63, 3.8) is 0 Å². The number of hydrogen-bond acceptors (Lipinski definition) is 3. The smallest absolute Gasteiger partial charge is 0.241 e. The molecule has 19 heavy (non-hydrogen) atoms. The van der Waals surface area contributed by atoms with Gasteiger partial charge in [0, 0.05) is 24.5 Å². The molecule has 2 aliphatic rings. The van der Waals surface area contributed by atoms with Crippen LogP contribution in [0.2, 0.25) is 0 Å². The Morgan fingerprint density at radius 1 is 1.53 bits per heavy atom. The molecule has 0 bridgehead atoms. The molecule has 1 aliphatic heterocycles. The molecule has 4 nitrogen and oxygen atoms in total. The van der Waals surface area contributed by atoms with Gasteiger partial charge in [0.25, 0.3) is 0 Å². The number of hydrogen-bond donors (Lipinski definition) is 2. The fourth-order valence-electron chi connectivity index (χ4n) is 3.59. The highest BCUT2D eigenvalue weighted by Crippen LogP contribution is 2.57. The van der Waals surface area contributed by atoms with Crippen molar-refractivity contribution in [3.8, 4) is 0 Å². The van der Waals surface area contributed by atoms with Gasteiger partial charge in [-0.05, 0) is 18.8 Å². The summed E-state index contributed by atoms with van der Waals surface area (Å²) in [6.07, 6.45) is 3.22. The van der Waals surface area contributed by atoms with E-state index in [1.54, 1.807) is 0 Å². The van der Waals surface area contributed by atoms with E-state index in [0.717, 1.165) is 25.9 Å². The quantitative estimate of drug-likeness (QED) is 0.815. The lowest BCUT2D eigenvalue weighted by Gasteiger charge is -2.65. The molecule has 0 aromatic rings. The second kappa shape index (κ2) is 5.06. The third-order valence-electron chi connectivity index (χ3n) is 5.37. The van der Waals surface area contributed by atoms with E-state index in [0.29, 0.717) is 12.5 Å². The number of carbonyl (C=O) groups excluding carboxylic acids is 1. The maximum Gasteiger partial charge on any atom is 0.241 e. The number of fused-ring (bicyclic) bond motifs is 1. The first-order valence-corrected chi connectivity index (χ1v) is 7.54. The maximum atomic E-state index is 12.5. The third-order valence-corrected chi connectivity index (χ3v) is 5.37. The van der Waals surface area contributed by atoms with Crippen molar-refractivity contribution in [2.45, 2.75) is 58.6 Å². The summed E-state index contributed by atoms with van der Waals surface area (Å²) in [4.78, 5) is 12.5. The molecule has 2 fully saturated rings. The molecule has 4 atom stereocenters. The zero-order chi connectivity index (χ0) is 14.3. The van der Waals surface area contributed by atoms with Crippen LogP contribution in [0.1, 0.15) is 47.0 Å². The molecule has 4 heteroatoms. The van der Waals surface area contributed by atoms with E-state index in [4.69, 9.17) is 10.5 Å². The predicted octanol–water partition coefficient (Wildman–Crippen LogP) is 1.68. The third kappa shape index (κ3) is 2.09. The molecule has 2 rings (SSSR count). The van der Waals surface area contributed by atoms with Crippen LogP contribution in [0.4, 0.5) is 0 Å². The molecule has 4 unspecified atom stereocenters. The molecule has 1 saturated carbocycles.